The first-order valence-electron chi connectivity index (χ1n) is 7.60. The molecule has 0 spiro atoms. The predicted octanol–water partition coefficient (Wildman–Crippen LogP) is 3.48. The van der Waals surface area contributed by atoms with Crippen molar-refractivity contribution in [1.29, 1.82) is 0 Å². The fourth-order valence-electron chi connectivity index (χ4n) is 1.68. The third kappa shape index (κ3) is 11.2. The van der Waals surface area contributed by atoms with Gasteiger partial charge in [0.25, 0.3) is 0 Å². The second kappa shape index (κ2) is 13.3. The quantitative estimate of drug-likeness (QED) is 0.389. The van der Waals surface area contributed by atoms with Crippen molar-refractivity contribution in [1.82, 2.24) is 0 Å². The number of hydrogen-bond donors (Lipinski definition) is 2. The van der Waals surface area contributed by atoms with Crippen molar-refractivity contribution < 1.29 is 10.2 Å². The van der Waals surface area contributed by atoms with Crippen LogP contribution in [-0.4, -0.2) is 27.8 Å². The van der Waals surface area contributed by atoms with Crippen molar-refractivity contribution in [3.63, 3.8) is 0 Å². The average Bonchev–Trinajstić information content (AvgIpc) is 2.45. The van der Waals surface area contributed by atoms with Gasteiger partial charge in [-0.15, -0.1) is 11.6 Å². The van der Waals surface area contributed by atoms with Crippen molar-refractivity contribution in [3.8, 4) is 23.7 Å². The third-order valence-electron chi connectivity index (χ3n) is 3.09. The van der Waals surface area contributed by atoms with E-state index >= 15 is 0 Å². The average molecular weight is 299 g/mol. The molecule has 0 rings (SSSR count). The molecule has 0 heterocycles. The van der Waals surface area contributed by atoms with Crippen LogP contribution in [0.1, 0.15) is 65.2 Å². The van der Waals surface area contributed by atoms with Gasteiger partial charge in [-0.05, 0) is 24.7 Å². The Morgan fingerprint density at radius 3 is 2.35 bits per heavy atom. The number of aliphatic hydroxyl groups excluding tert-OH is 2. The normalized spacial score (nSPS) is 14.4. The van der Waals surface area contributed by atoms with Crippen molar-refractivity contribution in [2.45, 2.75) is 82.8 Å². The summed E-state index contributed by atoms with van der Waals surface area (Å²) in [6, 6.07) is 0. The molecule has 0 aliphatic carbocycles. The Kier molecular flexibility index (Phi) is 12.9. The summed E-state index contributed by atoms with van der Waals surface area (Å²) in [4.78, 5) is 0. The second-order valence-corrected chi connectivity index (χ2v) is 5.55. The zero-order valence-corrected chi connectivity index (χ0v) is 13.4. The smallest absolute Gasteiger partial charge is 0.115 e. The van der Waals surface area contributed by atoms with Crippen LogP contribution in [0.2, 0.25) is 0 Å². The largest absolute Gasteiger partial charge is 0.391 e. The maximum Gasteiger partial charge on any atom is 0.115 e. The minimum absolute atomic E-state index is 0.236. The Bertz CT molecular complexity index is 345. The third-order valence-corrected chi connectivity index (χ3v) is 3.60. The minimum atomic E-state index is -0.613. The van der Waals surface area contributed by atoms with E-state index in [0.717, 1.165) is 12.8 Å². The molecule has 3 heteroatoms. The van der Waals surface area contributed by atoms with Crippen molar-refractivity contribution in [2.24, 2.45) is 0 Å². The van der Waals surface area contributed by atoms with Crippen LogP contribution in [0, 0.1) is 23.7 Å². The lowest BCUT2D eigenvalue weighted by Gasteiger charge is -2.14. The molecule has 0 aliphatic heterocycles. The first-order valence-corrected chi connectivity index (χ1v) is 8.04. The molecule has 0 radical (unpaired) electrons. The first-order chi connectivity index (χ1) is 9.61. The molecule has 2 N–H and O–H groups in total. The fourth-order valence-corrected chi connectivity index (χ4v) is 1.93. The number of unbranched alkanes of at least 4 members (excludes halogenated alkanes) is 4. The molecule has 0 aromatic heterocycles. The number of rotatable bonds is 9. The van der Waals surface area contributed by atoms with Crippen LogP contribution < -0.4 is 0 Å². The summed E-state index contributed by atoms with van der Waals surface area (Å²) in [6.07, 6.45) is 6.52. The zero-order chi connectivity index (χ0) is 15.2. The van der Waals surface area contributed by atoms with E-state index in [1.54, 1.807) is 0 Å². The van der Waals surface area contributed by atoms with E-state index < -0.39 is 12.2 Å². The van der Waals surface area contributed by atoms with Gasteiger partial charge in [-0.25, -0.2) is 0 Å². The zero-order valence-electron chi connectivity index (χ0n) is 12.7. The molecule has 20 heavy (non-hydrogen) atoms. The molecule has 0 bridgehead atoms. The maximum atomic E-state index is 9.84. The maximum absolute atomic E-state index is 9.84. The summed E-state index contributed by atoms with van der Waals surface area (Å²) in [5, 5.41) is 18.8. The van der Waals surface area contributed by atoms with Crippen LogP contribution in [-0.2, 0) is 0 Å². The van der Waals surface area contributed by atoms with E-state index in [1.807, 2.05) is 6.92 Å². The number of alkyl halides is 1. The summed E-state index contributed by atoms with van der Waals surface area (Å²) in [6.45, 7) is 4.05. The SMILES string of the molecule is CCCCCCCC(Cl)C(O)CC#CC#CC(O)CC. The van der Waals surface area contributed by atoms with Crippen LogP contribution in [0.4, 0.5) is 0 Å². The molecule has 0 aromatic carbocycles. The topological polar surface area (TPSA) is 40.5 Å². The Labute approximate surface area is 128 Å². The van der Waals surface area contributed by atoms with Crippen LogP contribution >= 0.6 is 11.6 Å². The molecule has 0 aliphatic rings. The second-order valence-electron chi connectivity index (χ2n) is 4.99. The van der Waals surface area contributed by atoms with Gasteiger partial charge >= 0.3 is 0 Å². The lowest BCUT2D eigenvalue weighted by molar-refractivity contribution is 0.170. The van der Waals surface area contributed by atoms with Crippen molar-refractivity contribution in [2.75, 3.05) is 0 Å². The highest BCUT2D eigenvalue weighted by Gasteiger charge is 2.14. The van der Waals surface area contributed by atoms with Gasteiger partial charge in [0.05, 0.1) is 11.5 Å². The molecule has 114 valence electrons. The van der Waals surface area contributed by atoms with Crippen LogP contribution in [0.5, 0.6) is 0 Å². The minimum Gasteiger partial charge on any atom is -0.391 e. The first kappa shape index (κ1) is 19.3. The molecule has 0 amide bonds. The Hall–Kier alpha value is -0.670. The van der Waals surface area contributed by atoms with Gasteiger partial charge in [-0.3, -0.25) is 0 Å². The molecule has 0 fully saturated rings. The monoisotopic (exact) mass is 298 g/mol. The van der Waals surface area contributed by atoms with Gasteiger partial charge < -0.3 is 10.2 Å². The van der Waals surface area contributed by atoms with E-state index in [0.29, 0.717) is 12.8 Å². The van der Waals surface area contributed by atoms with Gasteiger partial charge in [-0.1, -0.05) is 57.8 Å². The van der Waals surface area contributed by atoms with Gasteiger partial charge in [0, 0.05) is 6.42 Å². The van der Waals surface area contributed by atoms with Crippen molar-refractivity contribution in [3.05, 3.63) is 0 Å². The number of hydrogen-bond acceptors (Lipinski definition) is 2. The van der Waals surface area contributed by atoms with E-state index in [4.69, 9.17) is 11.6 Å². The van der Waals surface area contributed by atoms with E-state index in [2.05, 4.69) is 30.6 Å². The lowest BCUT2D eigenvalue weighted by atomic mass is 10.1. The van der Waals surface area contributed by atoms with Crippen LogP contribution in [0.3, 0.4) is 0 Å². The Balaban J connectivity index is 3.81. The number of halogens is 1. The summed E-state index contributed by atoms with van der Waals surface area (Å²) in [5.74, 6) is 10.6. The molecular formula is C17H27ClO2. The Morgan fingerprint density at radius 2 is 1.70 bits per heavy atom. The van der Waals surface area contributed by atoms with Gasteiger partial charge in [0.15, 0.2) is 0 Å². The van der Waals surface area contributed by atoms with Crippen LogP contribution in [0.15, 0.2) is 0 Å². The van der Waals surface area contributed by atoms with Crippen molar-refractivity contribution >= 4 is 11.6 Å². The molecule has 3 atom stereocenters. The predicted molar refractivity (Wildman–Crippen MR) is 85.5 cm³/mol. The molecule has 2 nitrogen and oxygen atoms in total. The summed E-state index contributed by atoms with van der Waals surface area (Å²) in [5.41, 5.74) is 0. The van der Waals surface area contributed by atoms with E-state index in [1.165, 1.54) is 25.7 Å². The summed E-state index contributed by atoms with van der Waals surface area (Å²) in [7, 11) is 0. The van der Waals surface area contributed by atoms with Gasteiger partial charge in [-0.2, -0.15) is 0 Å². The molecule has 0 saturated carbocycles. The highest BCUT2D eigenvalue weighted by Crippen LogP contribution is 2.15. The standard InChI is InChI=1S/C17H27ClO2/c1-3-5-6-7-10-13-16(18)17(20)14-11-8-9-12-15(19)4-2/h15-17,19-20H,3-7,10,13-14H2,1-2H3. The lowest BCUT2D eigenvalue weighted by Crippen LogP contribution is -2.20. The van der Waals surface area contributed by atoms with Gasteiger partial charge in [0.2, 0.25) is 0 Å². The van der Waals surface area contributed by atoms with E-state index in [9.17, 15) is 10.2 Å². The molecule has 0 aromatic rings. The highest BCUT2D eigenvalue weighted by molar-refractivity contribution is 6.21. The molecule has 0 saturated heterocycles. The fraction of sp³-hybridized carbons (Fsp3) is 0.765. The number of aliphatic hydroxyl groups is 2. The molecule has 3 unspecified atom stereocenters. The van der Waals surface area contributed by atoms with Crippen LogP contribution in [0.25, 0.3) is 0 Å². The van der Waals surface area contributed by atoms with E-state index in [-0.39, 0.29) is 5.38 Å². The molecular weight excluding hydrogens is 272 g/mol. The van der Waals surface area contributed by atoms with Gasteiger partial charge in [0.1, 0.15) is 6.10 Å². The Morgan fingerprint density at radius 1 is 1.00 bits per heavy atom. The summed E-state index contributed by atoms with van der Waals surface area (Å²) >= 11 is 6.14. The highest BCUT2D eigenvalue weighted by atomic mass is 35.5. The summed E-state index contributed by atoms with van der Waals surface area (Å²) < 4.78 is 0.